The molecule has 4 atom stereocenters. The van der Waals surface area contributed by atoms with Crippen LogP contribution in [0.1, 0.15) is 83.6 Å². The van der Waals surface area contributed by atoms with Crippen LogP contribution >= 0.6 is 0 Å². The zero-order chi connectivity index (χ0) is 26.0. The smallest absolute Gasteiger partial charge is 0.391 e. The fourth-order valence-electron chi connectivity index (χ4n) is 5.67. The molecule has 1 saturated carbocycles. The van der Waals surface area contributed by atoms with Crippen molar-refractivity contribution in [1.29, 1.82) is 0 Å². The Kier molecular flexibility index (Phi) is 8.24. The van der Waals surface area contributed by atoms with E-state index in [1.54, 1.807) is 12.4 Å². The third kappa shape index (κ3) is 6.37. The molecule has 2 aromatic heterocycles. The highest BCUT2D eigenvalue weighted by molar-refractivity contribution is 5.86. The van der Waals surface area contributed by atoms with Gasteiger partial charge in [-0.15, -0.1) is 0 Å². The predicted octanol–water partition coefficient (Wildman–Crippen LogP) is 5.44. The number of aliphatic hydroxyl groups is 1. The molecule has 0 amide bonds. The Morgan fingerprint density at radius 3 is 2.56 bits per heavy atom. The van der Waals surface area contributed by atoms with Crippen LogP contribution in [0.2, 0.25) is 0 Å². The number of likely N-dealkylation sites (tertiary alicyclic amines) is 1. The van der Waals surface area contributed by atoms with Crippen LogP contribution < -0.4 is 10.1 Å². The van der Waals surface area contributed by atoms with Crippen molar-refractivity contribution >= 4 is 16.9 Å². The van der Waals surface area contributed by atoms with E-state index in [0.717, 1.165) is 37.7 Å². The molecule has 2 N–H and O–H groups in total. The van der Waals surface area contributed by atoms with Gasteiger partial charge >= 0.3 is 6.18 Å². The van der Waals surface area contributed by atoms with E-state index in [4.69, 9.17) is 4.74 Å². The Labute approximate surface area is 210 Å². The second kappa shape index (κ2) is 11.0. The first kappa shape index (κ1) is 26.9. The highest BCUT2D eigenvalue weighted by Gasteiger charge is 2.33. The van der Waals surface area contributed by atoms with Gasteiger partial charge in [-0.2, -0.15) is 13.2 Å². The van der Waals surface area contributed by atoms with Crippen LogP contribution in [0.4, 0.5) is 19.1 Å². The molecule has 2 aliphatic rings. The quantitative estimate of drug-likeness (QED) is 0.515. The maximum Gasteiger partial charge on any atom is 0.391 e. The fourth-order valence-corrected chi connectivity index (χ4v) is 5.67. The number of nitrogens with one attached hydrogen (secondary N) is 1. The summed E-state index contributed by atoms with van der Waals surface area (Å²) in [5.41, 5.74) is 1.59. The average Bonchev–Trinajstić information content (AvgIpc) is 2.81. The van der Waals surface area contributed by atoms with Gasteiger partial charge in [-0.3, -0.25) is 0 Å². The number of nitrogens with zero attached hydrogens (tertiary/aromatic N) is 4. The molecule has 0 radical (unpaired) electrons. The summed E-state index contributed by atoms with van der Waals surface area (Å²) in [7, 11) is 2.15. The lowest BCUT2D eigenvalue weighted by molar-refractivity contribution is -0.136. The van der Waals surface area contributed by atoms with Gasteiger partial charge in [0.05, 0.1) is 23.4 Å². The molecule has 7 nitrogen and oxygen atoms in total. The van der Waals surface area contributed by atoms with Gasteiger partial charge in [-0.25, -0.2) is 15.0 Å². The minimum atomic E-state index is -4.27. The molecular formula is C26H38F3N5O2. The van der Waals surface area contributed by atoms with E-state index >= 15 is 0 Å². The topological polar surface area (TPSA) is 83.4 Å². The SMILES string of the molecule is CC[C@@H]1CC(Oc2ncc([C@H]3CC[C@H](O)CC3)c3nc(N[C@@H](C)CC(F)(F)F)ncc23)C[C@H](C)N1C. The van der Waals surface area contributed by atoms with Gasteiger partial charge in [-0.1, -0.05) is 6.92 Å². The van der Waals surface area contributed by atoms with Crippen LogP contribution in [0.15, 0.2) is 12.4 Å². The first-order chi connectivity index (χ1) is 17.0. The first-order valence-electron chi connectivity index (χ1n) is 13.1. The standard InChI is InChI=1S/C26H38F3N5O2/c1-5-18-11-20(10-16(3)34(18)4)36-24-22-14-31-25(32-15(2)12-26(27,28)29)33-23(22)21(13-30-24)17-6-8-19(35)9-7-17/h13-20,35H,5-12H2,1-4H3,(H,31,32,33)/t15-,16-,17-,18+,19-,20?/m0/s1. The summed E-state index contributed by atoms with van der Waals surface area (Å²) >= 11 is 0. The number of halogens is 3. The molecule has 3 heterocycles. The Morgan fingerprint density at radius 2 is 1.89 bits per heavy atom. The number of ether oxygens (including phenoxy) is 1. The lowest BCUT2D eigenvalue weighted by atomic mass is 9.83. The molecule has 0 aromatic carbocycles. The van der Waals surface area contributed by atoms with E-state index < -0.39 is 18.6 Å². The van der Waals surface area contributed by atoms with Gasteiger partial charge in [0.25, 0.3) is 0 Å². The Morgan fingerprint density at radius 1 is 1.17 bits per heavy atom. The van der Waals surface area contributed by atoms with Crippen LogP contribution in [0.5, 0.6) is 5.88 Å². The van der Waals surface area contributed by atoms with E-state index in [-0.39, 0.29) is 24.1 Å². The number of hydrogen-bond donors (Lipinski definition) is 2. The van der Waals surface area contributed by atoms with E-state index in [9.17, 15) is 18.3 Å². The summed E-state index contributed by atoms with van der Waals surface area (Å²) in [6.07, 6.45) is 3.72. The molecule has 200 valence electrons. The van der Waals surface area contributed by atoms with Gasteiger partial charge in [-0.05, 0) is 71.8 Å². The minimum absolute atomic E-state index is 0.0112. The predicted molar refractivity (Wildman–Crippen MR) is 133 cm³/mol. The van der Waals surface area contributed by atoms with Crippen molar-refractivity contribution in [2.75, 3.05) is 12.4 Å². The van der Waals surface area contributed by atoms with Crippen molar-refractivity contribution in [3.05, 3.63) is 18.0 Å². The molecule has 1 unspecified atom stereocenters. The average molecular weight is 510 g/mol. The van der Waals surface area contributed by atoms with Crippen LogP contribution in [-0.4, -0.2) is 68.5 Å². The summed E-state index contributed by atoms with van der Waals surface area (Å²) in [6, 6.07) is -0.0461. The Balaban J connectivity index is 1.65. The summed E-state index contributed by atoms with van der Waals surface area (Å²) < 4.78 is 45.0. The number of piperidine rings is 1. The molecule has 0 spiro atoms. The number of aromatic nitrogens is 3. The summed E-state index contributed by atoms with van der Waals surface area (Å²) in [4.78, 5) is 16.1. The van der Waals surface area contributed by atoms with Gasteiger partial charge in [0.2, 0.25) is 11.8 Å². The molecule has 1 saturated heterocycles. The lowest BCUT2D eigenvalue weighted by Gasteiger charge is -2.41. The third-order valence-electron chi connectivity index (χ3n) is 7.82. The second-order valence-corrected chi connectivity index (χ2v) is 10.6. The molecule has 1 aliphatic carbocycles. The fraction of sp³-hybridized carbons (Fsp3) is 0.731. The number of rotatable bonds is 7. The molecule has 36 heavy (non-hydrogen) atoms. The van der Waals surface area contributed by atoms with Crippen molar-refractivity contribution in [3.63, 3.8) is 0 Å². The van der Waals surface area contributed by atoms with Gasteiger partial charge in [0, 0.05) is 36.1 Å². The number of alkyl halides is 3. The van der Waals surface area contributed by atoms with Crippen LogP contribution in [0.3, 0.4) is 0 Å². The monoisotopic (exact) mass is 509 g/mol. The largest absolute Gasteiger partial charge is 0.474 e. The second-order valence-electron chi connectivity index (χ2n) is 10.6. The number of hydrogen-bond acceptors (Lipinski definition) is 7. The zero-order valence-corrected chi connectivity index (χ0v) is 21.6. The lowest BCUT2D eigenvalue weighted by Crippen LogP contribution is -2.48. The van der Waals surface area contributed by atoms with Gasteiger partial charge < -0.3 is 20.1 Å². The highest BCUT2D eigenvalue weighted by atomic mass is 19.4. The van der Waals surface area contributed by atoms with Crippen molar-refractivity contribution in [2.45, 2.75) is 115 Å². The Bertz CT molecular complexity index is 1030. The van der Waals surface area contributed by atoms with Crippen LogP contribution in [0.25, 0.3) is 10.9 Å². The Hall–Kier alpha value is -2.20. The maximum absolute atomic E-state index is 12.9. The molecule has 2 fully saturated rings. The van der Waals surface area contributed by atoms with Crippen molar-refractivity contribution in [1.82, 2.24) is 19.9 Å². The molecule has 10 heteroatoms. The van der Waals surface area contributed by atoms with Crippen molar-refractivity contribution in [2.24, 2.45) is 0 Å². The van der Waals surface area contributed by atoms with E-state index in [1.165, 1.54) is 6.92 Å². The number of aliphatic hydroxyl groups excluding tert-OH is 1. The number of fused-ring (bicyclic) bond motifs is 1. The van der Waals surface area contributed by atoms with Gasteiger partial charge in [0.15, 0.2) is 0 Å². The minimum Gasteiger partial charge on any atom is -0.474 e. The number of anilines is 1. The molecule has 0 bridgehead atoms. The molecular weight excluding hydrogens is 471 g/mol. The van der Waals surface area contributed by atoms with Crippen molar-refractivity contribution in [3.8, 4) is 5.88 Å². The molecule has 2 aromatic rings. The van der Waals surface area contributed by atoms with E-state index in [0.29, 0.717) is 41.7 Å². The van der Waals surface area contributed by atoms with E-state index in [2.05, 4.69) is 46.1 Å². The third-order valence-corrected chi connectivity index (χ3v) is 7.82. The van der Waals surface area contributed by atoms with E-state index in [1.807, 2.05) is 0 Å². The first-order valence-corrected chi connectivity index (χ1v) is 13.1. The summed E-state index contributed by atoms with van der Waals surface area (Å²) in [6.45, 7) is 5.85. The normalized spacial score (nSPS) is 28.7. The summed E-state index contributed by atoms with van der Waals surface area (Å²) in [5, 5.41) is 13.4. The summed E-state index contributed by atoms with van der Waals surface area (Å²) in [5.74, 6) is 0.796. The molecule has 1 aliphatic heterocycles. The van der Waals surface area contributed by atoms with Crippen LogP contribution in [-0.2, 0) is 0 Å². The maximum atomic E-state index is 12.9. The van der Waals surface area contributed by atoms with Gasteiger partial charge in [0.1, 0.15) is 6.10 Å². The molecule has 4 rings (SSSR count). The number of pyridine rings is 1. The zero-order valence-electron chi connectivity index (χ0n) is 21.6. The van der Waals surface area contributed by atoms with Crippen LogP contribution in [0, 0.1) is 0 Å². The highest BCUT2D eigenvalue weighted by Crippen LogP contribution is 2.38. The van der Waals surface area contributed by atoms with Crippen molar-refractivity contribution < 1.29 is 23.0 Å².